The quantitative estimate of drug-likeness (QED) is 0.179. The minimum Gasteiger partial charge on any atom is -0.468 e. The normalized spacial score (nSPS) is 12.9. The second kappa shape index (κ2) is 16.7. The number of sulfonamides is 1. The largest absolute Gasteiger partial charge is 0.468 e. The van der Waals surface area contributed by atoms with E-state index in [4.69, 9.17) is 4.74 Å². The van der Waals surface area contributed by atoms with Gasteiger partial charge in [0.25, 0.3) is 5.91 Å². The molecule has 2 N–H and O–H groups in total. The first kappa shape index (κ1) is 34.5. The molecule has 0 aliphatic rings. The Kier molecular flexibility index (Phi) is 13.1. The number of hydrogen-bond acceptors (Lipinski definition) is 6. The van der Waals surface area contributed by atoms with Crippen molar-refractivity contribution in [2.24, 2.45) is 5.92 Å². The summed E-state index contributed by atoms with van der Waals surface area (Å²) in [5.41, 5.74) is 2.29. The highest BCUT2D eigenvalue weighted by Gasteiger charge is 2.36. The van der Waals surface area contributed by atoms with Crippen LogP contribution in [0.2, 0.25) is 0 Å². The van der Waals surface area contributed by atoms with Gasteiger partial charge in [0, 0.05) is 25.1 Å². The van der Waals surface area contributed by atoms with Crippen molar-refractivity contribution < 1.29 is 27.5 Å². The number of amides is 2. The summed E-state index contributed by atoms with van der Waals surface area (Å²) in [6.45, 7) is 6.09. The van der Waals surface area contributed by atoms with Crippen LogP contribution >= 0.6 is 0 Å². The topological polar surface area (TPSA) is 122 Å². The van der Waals surface area contributed by atoms with Crippen LogP contribution in [0.15, 0.2) is 89.8 Å². The first-order valence-corrected chi connectivity index (χ1v) is 16.3. The number of methoxy groups -OCH3 is 1. The number of rotatable bonds is 16. The Morgan fingerprint density at radius 2 is 1.48 bits per heavy atom. The summed E-state index contributed by atoms with van der Waals surface area (Å²) in [5.74, 6) is -1.33. The molecule has 0 unspecified atom stereocenters. The number of nitrogens with zero attached hydrogens (tertiary/aromatic N) is 1. The second-order valence-corrected chi connectivity index (χ2v) is 13.1. The molecule has 9 nitrogen and oxygen atoms in total. The van der Waals surface area contributed by atoms with Gasteiger partial charge in [-0.05, 0) is 61.9 Å². The van der Waals surface area contributed by atoms with Crippen molar-refractivity contribution in [3.8, 4) is 0 Å². The van der Waals surface area contributed by atoms with E-state index in [1.165, 1.54) is 11.4 Å². The van der Waals surface area contributed by atoms with E-state index < -0.39 is 28.1 Å². The van der Waals surface area contributed by atoms with E-state index >= 15 is 0 Å². The van der Waals surface area contributed by atoms with Gasteiger partial charge in [-0.2, -0.15) is 4.31 Å². The number of carbonyl (C=O) groups is 3. The smallest absolute Gasteiger partial charge is 0.324 e. The standard InChI is InChI=1S/C34H43N3O6S/c1-25(2)24-37(44(41,42)29-20-18-26(3)19-21-29)31(34(40)43-4)17-11-12-22-35-33(39)30(23-27-13-7-5-8-14-27)36-32(38)28-15-9-6-10-16-28/h5-10,13-16,18-21,25,30-31H,11-12,17,22-24H2,1-4H3,(H,35,39)(H,36,38)/t30-,31-/m0/s1. The zero-order chi connectivity index (χ0) is 32.1. The molecule has 3 aromatic carbocycles. The second-order valence-electron chi connectivity index (χ2n) is 11.2. The third-order valence-corrected chi connectivity index (χ3v) is 9.03. The fraction of sp³-hybridized carbons (Fsp3) is 0.382. The summed E-state index contributed by atoms with van der Waals surface area (Å²) in [6, 6.07) is 22.9. The average molecular weight is 622 g/mol. The maximum Gasteiger partial charge on any atom is 0.324 e. The lowest BCUT2D eigenvalue weighted by Gasteiger charge is -2.30. The highest BCUT2D eigenvalue weighted by atomic mass is 32.2. The number of benzene rings is 3. The molecule has 0 heterocycles. The number of ether oxygens (including phenoxy) is 1. The number of unbranched alkanes of at least 4 members (excludes halogenated alkanes) is 1. The average Bonchev–Trinajstić information content (AvgIpc) is 3.02. The van der Waals surface area contributed by atoms with Gasteiger partial charge in [-0.15, -0.1) is 0 Å². The summed E-state index contributed by atoms with van der Waals surface area (Å²) in [7, 11) is -2.73. The van der Waals surface area contributed by atoms with E-state index in [0.717, 1.165) is 11.1 Å². The van der Waals surface area contributed by atoms with E-state index in [2.05, 4.69) is 10.6 Å². The zero-order valence-electron chi connectivity index (χ0n) is 25.9. The Bertz CT molecular complexity index is 1460. The maximum atomic E-state index is 13.7. The third kappa shape index (κ3) is 10.0. The number of hydrogen-bond donors (Lipinski definition) is 2. The number of esters is 1. The van der Waals surface area contributed by atoms with Crippen molar-refractivity contribution in [2.45, 2.75) is 63.4 Å². The van der Waals surface area contributed by atoms with E-state index in [-0.39, 0.29) is 42.1 Å². The fourth-order valence-corrected chi connectivity index (χ4v) is 6.57. The van der Waals surface area contributed by atoms with Crippen LogP contribution in [0.4, 0.5) is 0 Å². The van der Waals surface area contributed by atoms with Crippen LogP contribution in [0.3, 0.4) is 0 Å². The first-order valence-electron chi connectivity index (χ1n) is 14.9. The molecule has 0 bridgehead atoms. The number of carbonyl (C=O) groups excluding carboxylic acids is 3. The Hall–Kier alpha value is -4.02. The zero-order valence-corrected chi connectivity index (χ0v) is 26.7. The predicted octanol–water partition coefficient (Wildman–Crippen LogP) is 4.51. The minimum atomic E-state index is -3.98. The highest BCUT2D eigenvalue weighted by Crippen LogP contribution is 2.24. The Balaban J connectivity index is 1.66. The van der Waals surface area contributed by atoms with Gasteiger partial charge in [0.05, 0.1) is 12.0 Å². The predicted molar refractivity (Wildman–Crippen MR) is 170 cm³/mol. The van der Waals surface area contributed by atoms with Gasteiger partial charge in [0.1, 0.15) is 12.1 Å². The summed E-state index contributed by atoms with van der Waals surface area (Å²) in [5, 5.41) is 5.74. The molecule has 0 radical (unpaired) electrons. The van der Waals surface area contributed by atoms with Crippen molar-refractivity contribution in [3.63, 3.8) is 0 Å². The molecule has 0 spiro atoms. The molecule has 0 aliphatic heterocycles. The van der Waals surface area contributed by atoms with Crippen molar-refractivity contribution in [3.05, 3.63) is 102 Å². The molecule has 0 aromatic heterocycles. The van der Waals surface area contributed by atoms with Gasteiger partial charge >= 0.3 is 5.97 Å². The van der Waals surface area contributed by atoms with Gasteiger partial charge in [0.2, 0.25) is 15.9 Å². The molecular formula is C34H43N3O6S. The summed E-state index contributed by atoms with van der Waals surface area (Å²) >= 11 is 0. The Morgan fingerprint density at radius 1 is 0.864 bits per heavy atom. The molecule has 10 heteroatoms. The molecule has 0 saturated carbocycles. The van der Waals surface area contributed by atoms with Gasteiger partial charge < -0.3 is 15.4 Å². The van der Waals surface area contributed by atoms with Crippen LogP contribution in [-0.4, -0.2) is 62.8 Å². The van der Waals surface area contributed by atoms with E-state index in [1.54, 1.807) is 48.5 Å². The van der Waals surface area contributed by atoms with E-state index in [0.29, 0.717) is 24.8 Å². The van der Waals surface area contributed by atoms with Crippen molar-refractivity contribution in [1.82, 2.24) is 14.9 Å². The van der Waals surface area contributed by atoms with Crippen LogP contribution in [0.25, 0.3) is 0 Å². The van der Waals surface area contributed by atoms with Crippen LogP contribution in [0.1, 0.15) is 54.6 Å². The summed E-state index contributed by atoms with van der Waals surface area (Å²) < 4.78 is 33.6. The van der Waals surface area contributed by atoms with E-state index in [9.17, 15) is 22.8 Å². The molecule has 3 rings (SSSR count). The van der Waals surface area contributed by atoms with Gasteiger partial charge in [-0.25, -0.2) is 8.42 Å². The fourth-order valence-electron chi connectivity index (χ4n) is 4.80. The number of aryl methyl sites for hydroxylation is 1. The Labute approximate surface area is 261 Å². The highest BCUT2D eigenvalue weighted by molar-refractivity contribution is 7.89. The van der Waals surface area contributed by atoms with Gasteiger partial charge in [0.15, 0.2) is 0 Å². The molecule has 236 valence electrons. The lowest BCUT2D eigenvalue weighted by molar-refractivity contribution is -0.145. The van der Waals surface area contributed by atoms with Crippen LogP contribution in [0, 0.1) is 12.8 Å². The van der Waals surface area contributed by atoms with Crippen molar-refractivity contribution >= 4 is 27.8 Å². The molecule has 0 fully saturated rings. The molecule has 0 saturated heterocycles. The maximum absolute atomic E-state index is 13.7. The Morgan fingerprint density at radius 3 is 2.07 bits per heavy atom. The van der Waals surface area contributed by atoms with Gasteiger partial charge in [-0.3, -0.25) is 14.4 Å². The van der Waals surface area contributed by atoms with Crippen LogP contribution in [0.5, 0.6) is 0 Å². The SMILES string of the molecule is COC(=O)[C@H](CCCCNC(=O)[C@H](Cc1ccccc1)NC(=O)c1ccccc1)N(CC(C)C)S(=O)(=O)c1ccc(C)cc1. The first-order chi connectivity index (χ1) is 21.0. The molecule has 2 atom stereocenters. The molecular weight excluding hydrogens is 578 g/mol. The summed E-state index contributed by atoms with van der Waals surface area (Å²) in [6.07, 6.45) is 1.48. The van der Waals surface area contributed by atoms with Gasteiger partial charge in [-0.1, -0.05) is 80.1 Å². The summed E-state index contributed by atoms with van der Waals surface area (Å²) in [4.78, 5) is 39.1. The van der Waals surface area contributed by atoms with Crippen LogP contribution in [-0.2, 0) is 30.8 Å². The van der Waals surface area contributed by atoms with Crippen LogP contribution < -0.4 is 10.6 Å². The molecule has 44 heavy (non-hydrogen) atoms. The lowest BCUT2D eigenvalue weighted by atomic mass is 10.0. The molecule has 3 aromatic rings. The molecule has 0 aliphatic carbocycles. The lowest BCUT2D eigenvalue weighted by Crippen LogP contribution is -2.48. The minimum absolute atomic E-state index is 0.0330. The third-order valence-electron chi connectivity index (χ3n) is 7.14. The van der Waals surface area contributed by atoms with Crippen molar-refractivity contribution in [1.29, 1.82) is 0 Å². The van der Waals surface area contributed by atoms with E-state index in [1.807, 2.05) is 57.2 Å². The monoisotopic (exact) mass is 621 g/mol. The number of nitrogens with one attached hydrogen (secondary N) is 2. The molecule has 2 amide bonds. The van der Waals surface area contributed by atoms with Crippen molar-refractivity contribution in [2.75, 3.05) is 20.2 Å².